The molecule has 0 radical (unpaired) electrons. The summed E-state index contributed by atoms with van der Waals surface area (Å²) in [6.45, 7) is 8.10. The third-order valence-electron chi connectivity index (χ3n) is 5.33. The van der Waals surface area contributed by atoms with Crippen LogP contribution in [-0.2, 0) is 9.59 Å². The van der Waals surface area contributed by atoms with Gasteiger partial charge in [0.2, 0.25) is 11.8 Å². The lowest BCUT2D eigenvalue weighted by molar-refractivity contribution is -0.138. The summed E-state index contributed by atoms with van der Waals surface area (Å²) in [6, 6.07) is 10.1. The Bertz CT molecular complexity index is 1100. The summed E-state index contributed by atoms with van der Waals surface area (Å²) in [5, 5.41) is 1.13. The number of nitrogens with two attached hydrogens (primary N) is 1. The molecule has 2 N–H and O–H groups in total. The number of hydrogen-bond donors (Lipinski definition) is 1. The molecule has 1 fully saturated rings. The van der Waals surface area contributed by atoms with Crippen molar-refractivity contribution in [3.63, 3.8) is 0 Å². The molecule has 3 rings (SSSR count). The molecule has 1 aliphatic rings. The monoisotopic (exact) mass is 471 g/mol. The second-order valence-corrected chi connectivity index (χ2v) is 8.00. The van der Waals surface area contributed by atoms with Crippen LogP contribution in [0.25, 0.3) is 11.1 Å². The van der Waals surface area contributed by atoms with Crippen LogP contribution in [0.4, 0.5) is 5.69 Å². The maximum absolute atomic E-state index is 12.2. The number of carbonyl (C=O) groups excluding carboxylic acids is 2. The molecule has 0 saturated carbocycles. The van der Waals surface area contributed by atoms with Crippen molar-refractivity contribution in [2.75, 3.05) is 26.7 Å². The van der Waals surface area contributed by atoms with Crippen molar-refractivity contribution in [3.05, 3.63) is 64.7 Å². The van der Waals surface area contributed by atoms with Gasteiger partial charge in [0.15, 0.2) is 0 Å². The number of primary amides is 1. The van der Waals surface area contributed by atoms with Crippen LogP contribution in [0.15, 0.2) is 59.0 Å². The Morgan fingerprint density at radius 2 is 1.88 bits per heavy atom. The van der Waals surface area contributed by atoms with E-state index in [9.17, 15) is 9.59 Å². The summed E-state index contributed by atoms with van der Waals surface area (Å²) < 4.78 is 0. The second-order valence-electron chi connectivity index (χ2n) is 7.16. The highest BCUT2D eigenvalue weighted by atomic mass is 35.5. The van der Waals surface area contributed by atoms with Gasteiger partial charge in [-0.3, -0.25) is 19.6 Å². The summed E-state index contributed by atoms with van der Waals surface area (Å²) >= 11 is 12.6. The van der Waals surface area contributed by atoms with Crippen molar-refractivity contribution >= 4 is 53.3 Å². The summed E-state index contributed by atoms with van der Waals surface area (Å²) in [4.78, 5) is 36.2. The molecule has 0 aromatic heterocycles. The van der Waals surface area contributed by atoms with E-state index in [-0.39, 0.29) is 12.5 Å². The Kier molecular flexibility index (Phi) is 7.33. The maximum atomic E-state index is 12.2. The predicted octanol–water partition coefficient (Wildman–Crippen LogP) is 3.55. The Hall–Kier alpha value is -3.16. The van der Waals surface area contributed by atoms with E-state index in [1.807, 2.05) is 23.1 Å². The van der Waals surface area contributed by atoms with Gasteiger partial charge >= 0.3 is 0 Å². The van der Waals surface area contributed by atoms with Gasteiger partial charge in [-0.1, -0.05) is 41.9 Å². The van der Waals surface area contributed by atoms with Gasteiger partial charge in [-0.05, 0) is 42.6 Å². The average Bonchev–Trinajstić information content (AvgIpc) is 2.80. The zero-order valence-electron chi connectivity index (χ0n) is 17.6. The van der Waals surface area contributed by atoms with Crippen molar-refractivity contribution in [1.82, 2.24) is 9.80 Å². The van der Waals surface area contributed by atoms with Crippen LogP contribution in [-0.4, -0.2) is 66.9 Å². The standard InChI is InChI=1S/C23H23Cl2N5O2/c1-4-21(31)30-10-9-29(13-20(30)22(26)32)23(28-3)17-11-16(18(25)12-19(17)27-2)14-5-7-15(24)8-6-14/h4-8,11-12,20H,1-2,9-10,13H2,3H3,(H2,26,32)/b28-23+/t20-/m1/s1. The van der Waals surface area contributed by atoms with Crippen LogP contribution in [0, 0.1) is 0 Å². The van der Waals surface area contributed by atoms with Crippen LogP contribution in [0.1, 0.15) is 5.56 Å². The first-order valence-corrected chi connectivity index (χ1v) is 10.6. The minimum atomic E-state index is -0.811. The van der Waals surface area contributed by atoms with Crippen LogP contribution in [0.3, 0.4) is 0 Å². The largest absolute Gasteiger partial charge is 0.368 e. The molecule has 32 heavy (non-hydrogen) atoms. The topological polar surface area (TPSA) is 91.4 Å². The fourth-order valence-electron chi connectivity index (χ4n) is 3.76. The lowest BCUT2D eigenvalue weighted by atomic mass is 10.00. The average molecular weight is 472 g/mol. The molecule has 0 spiro atoms. The molecule has 2 aromatic rings. The fourth-order valence-corrected chi connectivity index (χ4v) is 4.15. The highest BCUT2D eigenvalue weighted by Crippen LogP contribution is 2.35. The third-order valence-corrected chi connectivity index (χ3v) is 5.89. The first-order valence-electron chi connectivity index (χ1n) is 9.81. The molecule has 1 atom stereocenters. The van der Waals surface area contributed by atoms with Crippen molar-refractivity contribution < 1.29 is 9.59 Å². The molecule has 1 saturated heterocycles. The van der Waals surface area contributed by atoms with Gasteiger partial charge in [0.25, 0.3) is 0 Å². The van der Waals surface area contributed by atoms with Crippen LogP contribution < -0.4 is 5.73 Å². The molecule has 0 bridgehead atoms. The molecule has 2 amide bonds. The SMILES string of the molecule is C=CC(=O)N1CCN(/C(=N/C)c2cc(-c3ccc(Cl)cc3)c(Cl)cc2N=C)C[C@@H]1C(N)=O. The number of nitrogens with zero attached hydrogens (tertiary/aromatic N) is 4. The van der Waals surface area contributed by atoms with E-state index < -0.39 is 11.9 Å². The van der Waals surface area contributed by atoms with Gasteiger partial charge in [0.05, 0.1) is 10.7 Å². The quantitative estimate of drug-likeness (QED) is 0.410. The molecular weight excluding hydrogens is 449 g/mol. The van der Waals surface area contributed by atoms with Crippen LogP contribution in [0.2, 0.25) is 10.0 Å². The Morgan fingerprint density at radius 1 is 1.19 bits per heavy atom. The van der Waals surface area contributed by atoms with Crippen LogP contribution >= 0.6 is 23.2 Å². The minimum Gasteiger partial charge on any atom is -0.368 e. The van der Waals surface area contributed by atoms with E-state index in [4.69, 9.17) is 28.9 Å². The highest BCUT2D eigenvalue weighted by molar-refractivity contribution is 6.34. The number of aliphatic imine (C=N–C) groups is 2. The van der Waals surface area contributed by atoms with Gasteiger partial charge in [-0.15, -0.1) is 0 Å². The number of carbonyl (C=O) groups is 2. The number of benzene rings is 2. The molecule has 7 nitrogen and oxygen atoms in total. The number of amides is 2. The van der Waals surface area contributed by atoms with Gasteiger partial charge in [0, 0.05) is 42.8 Å². The van der Waals surface area contributed by atoms with Crippen molar-refractivity contribution in [2.45, 2.75) is 6.04 Å². The summed E-state index contributed by atoms with van der Waals surface area (Å²) in [7, 11) is 1.65. The molecule has 0 unspecified atom stereocenters. The molecule has 1 heterocycles. The summed E-state index contributed by atoms with van der Waals surface area (Å²) in [6.07, 6.45) is 1.18. The Balaban J connectivity index is 2.03. The van der Waals surface area contributed by atoms with E-state index in [1.54, 1.807) is 25.2 Å². The number of rotatable bonds is 5. The zero-order chi connectivity index (χ0) is 23.4. The van der Waals surface area contributed by atoms with E-state index >= 15 is 0 Å². The number of halogens is 2. The number of piperazine rings is 1. The summed E-state index contributed by atoms with van der Waals surface area (Å²) in [5.74, 6) is -0.343. The van der Waals surface area contributed by atoms with Gasteiger partial charge in [0.1, 0.15) is 11.9 Å². The molecule has 0 aliphatic carbocycles. The normalized spacial score (nSPS) is 16.6. The van der Waals surface area contributed by atoms with Gasteiger partial charge in [-0.25, -0.2) is 0 Å². The first kappa shape index (κ1) is 23.5. The molecule has 2 aromatic carbocycles. The lowest BCUT2D eigenvalue weighted by Gasteiger charge is -2.41. The van der Waals surface area contributed by atoms with Crippen molar-refractivity contribution in [2.24, 2.45) is 15.7 Å². The first-order chi connectivity index (χ1) is 15.3. The molecule has 9 heteroatoms. The maximum Gasteiger partial charge on any atom is 0.246 e. The van der Waals surface area contributed by atoms with Gasteiger partial charge in [-0.2, -0.15) is 0 Å². The Morgan fingerprint density at radius 3 is 2.44 bits per heavy atom. The predicted molar refractivity (Wildman–Crippen MR) is 130 cm³/mol. The third kappa shape index (κ3) is 4.69. The minimum absolute atomic E-state index is 0.192. The lowest BCUT2D eigenvalue weighted by Crippen LogP contribution is -2.60. The van der Waals surface area contributed by atoms with E-state index in [0.717, 1.165) is 11.1 Å². The molecule has 1 aliphatic heterocycles. The smallest absolute Gasteiger partial charge is 0.246 e. The highest BCUT2D eigenvalue weighted by Gasteiger charge is 2.35. The Labute approximate surface area is 196 Å². The molecule has 166 valence electrons. The number of hydrogen-bond acceptors (Lipinski definition) is 4. The van der Waals surface area contributed by atoms with E-state index in [2.05, 4.69) is 23.3 Å². The van der Waals surface area contributed by atoms with Crippen molar-refractivity contribution in [1.29, 1.82) is 0 Å². The molecular formula is C23H23Cl2N5O2. The fraction of sp³-hybridized carbons (Fsp3) is 0.217. The van der Waals surface area contributed by atoms with E-state index in [0.29, 0.717) is 40.2 Å². The van der Waals surface area contributed by atoms with Gasteiger partial charge < -0.3 is 15.5 Å². The van der Waals surface area contributed by atoms with E-state index in [1.165, 1.54) is 11.0 Å². The second kappa shape index (κ2) is 9.97. The van der Waals surface area contributed by atoms with Crippen molar-refractivity contribution in [3.8, 4) is 11.1 Å². The zero-order valence-corrected chi connectivity index (χ0v) is 19.1. The van der Waals surface area contributed by atoms with Crippen LogP contribution in [0.5, 0.6) is 0 Å². The summed E-state index contributed by atoms with van der Waals surface area (Å²) in [5.41, 5.74) is 8.49. The number of amidine groups is 1.